The molecule has 0 radical (unpaired) electrons. The van der Waals surface area contributed by atoms with Crippen molar-refractivity contribution in [3.8, 4) is 0 Å². The molecule has 1 N–H and O–H groups in total. The summed E-state index contributed by atoms with van der Waals surface area (Å²) in [4.78, 5) is 26.3. The van der Waals surface area contributed by atoms with E-state index in [0.29, 0.717) is 39.5 Å². The minimum atomic E-state index is -0.190. The van der Waals surface area contributed by atoms with Gasteiger partial charge in [-0.3, -0.25) is 14.5 Å². The van der Waals surface area contributed by atoms with E-state index < -0.39 is 0 Å². The molecular weight excluding hydrogens is 362 g/mol. The van der Waals surface area contributed by atoms with Gasteiger partial charge in [0.25, 0.3) is 5.91 Å². The molecule has 1 aliphatic heterocycles. The third-order valence-corrected chi connectivity index (χ3v) is 4.75. The van der Waals surface area contributed by atoms with Crippen molar-refractivity contribution in [3.05, 3.63) is 40.9 Å². The van der Waals surface area contributed by atoms with Crippen LogP contribution in [0.2, 0.25) is 0 Å². The number of rotatable bonds is 6. The van der Waals surface area contributed by atoms with Gasteiger partial charge in [-0.05, 0) is 25.5 Å². The summed E-state index contributed by atoms with van der Waals surface area (Å²) in [6.07, 6.45) is 3.95. The zero-order valence-corrected chi connectivity index (χ0v) is 15.0. The molecule has 2 aromatic rings. The predicted molar refractivity (Wildman–Crippen MR) is 97.7 cm³/mol. The van der Waals surface area contributed by atoms with E-state index in [1.165, 1.54) is 16.7 Å². The van der Waals surface area contributed by atoms with Crippen molar-refractivity contribution < 1.29 is 18.5 Å². The van der Waals surface area contributed by atoms with Gasteiger partial charge in [-0.15, -0.1) is 0 Å². The fourth-order valence-electron chi connectivity index (χ4n) is 2.22. The summed E-state index contributed by atoms with van der Waals surface area (Å²) in [5.41, 5.74) is 0. The molecule has 1 aliphatic rings. The average Bonchev–Trinajstić information content (AvgIpc) is 3.26. The predicted octanol–water partition coefficient (Wildman–Crippen LogP) is 3.20. The highest BCUT2D eigenvalue weighted by Gasteiger charge is 2.31. The maximum absolute atomic E-state index is 12.4. The lowest BCUT2D eigenvalue weighted by atomic mass is 10.2. The fourth-order valence-corrected chi connectivity index (χ4v) is 3.51. The molecule has 2 amide bonds. The highest BCUT2D eigenvalue weighted by molar-refractivity contribution is 8.26. The maximum Gasteiger partial charge on any atom is 0.266 e. The van der Waals surface area contributed by atoms with Crippen molar-refractivity contribution in [3.63, 3.8) is 0 Å². The lowest BCUT2D eigenvalue weighted by Crippen LogP contribution is -2.29. The number of aromatic nitrogens is 1. The molecule has 0 spiro atoms. The molecule has 3 heterocycles. The van der Waals surface area contributed by atoms with Crippen LogP contribution >= 0.6 is 24.0 Å². The normalized spacial score (nSPS) is 16.0. The van der Waals surface area contributed by atoms with Gasteiger partial charge in [0.15, 0.2) is 5.82 Å². The van der Waals surface area contributed by atoms with Gasteiger partial charge in [-0.1, -0.05) is 29.1 Å². The molecule has 0 atom stereocenters. The molecule has 1 fully saturated rings. The molecular formula is C16H15N3O4S2. The second-order valence-electron chi connectivity index (χ2n) is 5.32. The van der Waals surface area contributed by atoms with E-state index in [0.717, 1.165) is 0 Å². The largest absolute Gasteiger partial charge is 0.465 e. The first-order chi connectivity index (χ1) is 12.0. The first-order valence-corrected chi connectivity index (χ1v) is 8.77. The van der Waals surface area contributed by atoms with Gasteiger partial charge in [-0.2, -0.15) is 0 Å². The number of hydrogen-bond acceptors (Lipinski definition) is 7. The Morgan fingerprint density at radius 3 is 3.04 bits per heavy atom. The highest BCUT2D eigenvalue weighted by atomic mass is 32.2. The number of carbonyl (C=O) groups excluding carboxylic acids is 2. The topological polar surface area (TPSA) is 88.6 Å². The molecule has 2 aromatic heterocycles. The van der Waals surface area contributed by atoms with Gasteiger partial charge in [0, 0.05) is 25.1 Å². The van der Waals surface area contributed by atoms with Crippen molar-refractivity contribution in [1.29, 1.82) is 0 Å². The molecule has 0 bridgehead atoms. The zero-order valence-electron chi connectivity index (χ0n) is 13.4. The Hall–Kier alpha value is -2.39. The molecule has 0 unspecified atom stereocenters. The number of furan rings is 1. The summed E-state index contributed by atoms with van der Waals surface area (Å²) in [5, 5.41) is 6.34. The van der Waals surface area contributed by atoms with Gasteiger partial charge in [0.05, 0.1) is 11.2 Å². The molecule has 1 saturated heterocycles. The van der Waals surface area contributed by atoms with Crippen LogP contribution in [0.5, 0.6) is 0 Å². The maximum atomic E-state index is 12.4. The SMILES string of the molecule is Cc1cc(NC(=O)CCCN2C(=O)/C(=C\c3ccco3)SC2=S)no1. The van der Waals surface area contributed by atoms with Crippen molar-refractivity contribution >= 4 is 52.0 Å². The summed E-state index contributed by atoms with van der Waals surface area (Å²) in [7, 11) is 0. The molecule has 0 saturated carbocycles. The Morgan fingerprint density at radius 2 is 2.36 bits per heavy atom. The minimum absolute atomic E-state index is 0.168. The lowest BCUT2D eigenvalue weighted by Gasteiger charge is -2.13. The lowest BCUT2D eigenvalue weighted by molar-refractivity contribution is -0.122. The first-order valence-electron chi connectivity index (χ1n) is 7.55. The van der Waals surface area contributed by atoms with Crippen LogP contribution in [0.1, 0.15) is 24.4 Å². The number of nitrogens with zero attached hydrogens (tertiary/aromatic N) is 2. The zero-order chi connectivity index (χ0) is 17.8. The second kappa shape index (κ2) is 7.66. The number of thioether (sulfide) groups is 1. The van der Waals surface area contributed by atoms with Crippen molar-refractivity contribution in [1.82, 2.24) is 10.1 Å². The van der Waals surface area contributed by atoms with E-state index in [2.05, 4.69) is 10.5 Å². The third-order valence-electron chi connectivity index (χ3n) is 3.37. The van der Waals surface area contributed by atoms with Crippen LogP contribution in [0.25, 0.3) is 6.08 Å². The molecule has 130 valence electrons. The smallest absolute Gasteiger partial charge is 0.266 e. The van der Waals surface area contributed by atoms with Crippen LogP contribution in [-0.2, 0) is 9.59 Å². The number of carbonyl (C=O) groups is 2. The Kier molecular flexibility index (Phi) is 5.34. The molecule has 3 rings (SSSR count). The molecule has 0 aliphatic carbocycles. The summed E-state index contributed by atoms with van der Waals surface area (Å²) in [6, 6.07) is 5.16. The van der Waals surface area contributed by atoms with Crippen LogP contribution in [0.3, 0.4) is 0 Å². The monoisotopic (exact) mass is 377 g/mol. The Morgan fingerprint density at radius 1 is 1.52 bits per heavy atom. The number of thiocarbonyl (C=S) groups is 1. The summed E-state index contributed by atoms with van der Waals surface area (Å²) in [6.45, 7) is 2.12. The van der Waals surface area contributed by atoms with Gasteiger partial charge < -0.3 is 14.3 Å². The minimum Gasteiger partial charge on any atom is -0.465 e. The van der Waals surface area contributed by atoms with Crippen LogP contribution in [0, 0.1) is 6.92 Å². The van der Waals surface area contributed by atoms with E-state index in [-0.39, 0.29) is 18.2 Å². The Labute approximate surface area is 153 Å². The van der Waals surface area contributed by atoms with Gasteiger partial charge in [-0.25, -0.2) is 0 Å². The van der Waals surface area contributed by atoms with Crippen LogP contribution in [0.15, 0.2) is 38.3 Å². The number of hydrogen-bond donors (Lipinski definition) is 1. The second-order valence-corrected chi connectivity index (χ2v) is 7.00. The Bertz CT molecular complexity index is 826. The summed E-state index contributed by atoms with van der Waals surface area (Å²) in [5.74, 6) is 1.25. The van der Waals surface area contributed by atoms with E-state index in [4.69, 9.17) is 21.2 Å². The van der Waals surface area contributed by atoms with Crippen molar-refractivity contribution in [2.75, 3.05) is 11.9 Å². The van der Waals surface area contributed by atoms with Gasteiger partial charge in [0.2, 0.25) is 5.91 Å². The van der Waals surface area contributed by atoms with Crippen molar-refractivity contribution in [2.24, 2.45) is 0 Å². The van der Waals surface area contributed by atoms with Gasteiger partial charge >= 0.3 is 0 Å². The quantitative estimate of drug-likeness (QED) is 0.611. The summed E-state index contributed by atoms with van der Waals surface area (Å²) >= 11 is 6.48. The number of anilines is 1. The average molecular weight is 377 g/mol. The van der Waals surface area contributed by atoms with E-state index in [1.54, 1.807) is 37.5 Å². The van der Waals surface area contributed by atoms with Crippen molar-refractivity contribution in [2.45, 2.75) is 19.8 Å². The van der Waals surface area contributed by atoms with E-state index >= 15 is 0 Å². The van der Waals surface area contributed by atoms with Crippen LogP contribution < -0.4 is 5.32 Å². The number of nitrogens with one attached hydrogen (secondary N) is 1. The molecule has 7 nitrogen and oxygen atoms in total. The summed E-state index contributed by atoms with van der Waals surface area (Å²) < 4.78 is 10.6. The van der Waals surface area contributed by atoms with Crippen LogP contribution in [-0.4, -0.2) is 32.7 Å². The van der Waals surface area contributed by atoms with Crippen LogP contribution in [0.4, 0.5) is 5.82 Å². The highest BCUT2D eigenvalue weighted by Crippen LogP contribution is 2.32. The number of amides is 2. The molecule has 9 heteroatoms. The van der Waals surface area contributed by atoms with E-state index in [1.807, 2.05) is 0 Å². The van der Waals surface area contributed by atoms with E-state index in [9.17, 15) is 9.59 Å². The molecule has 25 heavy (non-hydrogen) atoms. The first kappa shape index (κ1) is 17.4. The Balaban J connectivity index is 1.50. The number of aryl methyl sites for hydroxylation is 1. The third kappa shape index (κ3) is 4.37. The standard InChI is InChI=1S/C16H15N3O4S2/c1-10-8-13(18-23-10)17-14(20)5-2-6-19-15(21)12(25-16(19)24)9-11-4-3-7-22-11/h3-4,7-9H,2,5-6H2,1H3,(H,17,18,20)/b12-9+. The molecule has 0 aromatic carbocycles. The fraction of sp³-hybridized carbons (Fsp3) is 0.250. The van der Waals surface area contributed by atoms with Gasteiger partial charge in [0.1, 0.15) is 15.8 Å².